The average molecular weight is 417 g/mol. The number of hydrogen-bond acceptors (Lipinski definition) is 4. The van der Waals surface area contributed by atoms with Crippen molar-refractivity contribution < 1.29 is 0 Å². The van der Waals surface area contributed by atoms with Gasteiger partial charge in [-0.05, 0) is 24.0 Å². The first-order valence-corrected chi connectivity index (χ1v) is 11.3. The van der Waals surface area contributed by atoms with Crippen molar-refractivity contribution in [1.82, 2.24) is 19.2 Å². The van der Waals surface area contributed by atoms with E-state index in [9.17, 15) is 4.79 Å². The summed E-state index contributed by atoms with van der Waals surface area (Å²) >= 11 is 1.57. The van der Waals surface area contributed by atoms with Crippen LogP contribution in [0.1, 0.15) is 37.0 Å². The van der Waals surface area contributed by atoms with Crippen LogP contribution in [0, 0.1) is 0 Å². The molecule has 2 aromatic heterocycles. The molecular formula is C24H24N4OS. The molecule has 0 unspecified atom stereocenters. The fraction of sp³-hybridized carbons (Fsp3) is 0.292. The third-order valence-corrected chi connectivity index (χ3v) is 7.23. The van der Waals surface area contributed by atoms with Gasteiger partial charge in [0.1, 0.15) is 0 Å². The molecule has 0 spiro atoms. The lowest BCUT2D eigenvalue weighted by molar-refractivity contribution is 0.439. The molecule has 2 heterocycles. The average Bonchev–Trinajstić information content (AvgIpc) is 3.09. The molecule has 0 saturated carbocycles. The van der Waals surface area contributed by atoms with E-state index in [1.54, 1.807) is 20.8 Å². The first kappa shape index (κ1) is 19.1. The van der Waals surface area contributed by atoms with Gasteiger partial charge in [-0.25, -0.2) is 14.1 Å². The lowest BCUT2D eigenvalue weighted by atomic mass is 9.69. The third-order valence-electron chi connectivity index (χ3n) is 6.23. The van der Waals surface area contributed by atoms with Crippen LogP contribution in [0.15, 0.2) is 64.5 Å². The molecule has 0 bridgehead atoms. The Morgan fingerprint density at radius 3 is 2.60 bits per heavy atom. The number of thioether (sulfide) groups is 1. The second-order valence-electron chi connectivity index (χ2n) is 8.20. The van der Waals surface area contributed by atoms with Crippen molar-refractivity contribution in [3.63, 3.8) is 0 Å². The van der Waals surface area contributed by atoms with Crippen LogP contribution in [0.4, 0.5) is 0 Å². The van der Waals surface area contributed by atoms with E-state index in [0.717, 1.165) is 35.4 Å². The maximum absolute atomic E-state index is 13.9. The number of nitrogens with zero attached hydrogens (tertiary/aromatic N) is 4. The summed E-state index contributed by atoms with van der Waals surface area (Å²) in [6.07, 6.45) is 1.73. The first-order chi connectivity index (χ1) is 14.5. The molecule has 0 aliphatic heterocycles. The van der Waals surface area contributed by atoms with E-state index in [0.29, 0.717) is 10.9 Å². The smallest absolute Gasteiger partial charge is 0.265 e. The van der Waals surface area contributed by atoms with E-state index in [4.69, 9.17) is 4.98 Å². The molecule has 6 heteroatoms. The Bertz CT molecular complexity index is 1310. The van der Waals surface area contributed by atoms with Crippen LogP contribution in [-0.2, 0) is 24.6 Å². The maximum atomic E-state index is 13.9. The molecule has 0 fully saturated rings. The summed E-state index contributed by atoms with van der Waals surface area (Å²) in [5.74, 6) is 1.34. The Kier molecular flexibility index (Phi) is 4.54. The van der Waals surface area contributed by atoms with Crippen molar-refractivity contribution >= 4 is 17.5 Å². The Hall–Kier alpha value is -2.86. The first-order valence-electron chi connectivity index (χ1n) is 10.3. The molecule has 0 amide bonds. The normalized spacial score (nSPS) is 17.7. The maximum Gasteiger partial charge on any atom is 0.265 e. The van der Waals surface area contributed by atoms with Gasteiger partial charge in [-0.15, -0.1) is 5.10 Å². The summed E-state index contributed by atoms with van der Waals surface area (Å²) < 4.78 is 3.42. The number of aromatic nitrogens is 4. The van der Waals surface area contributed by atoms with E-state index >= 15 is 0 Å². The number of rotatable bonds is 4. The van der Waals surface area contributed by atoms with Crippen molar-refractivity contribution in [2.45, 2.75) is 43.0 Å². The van der Waals surface area contributed by atoms with E-state index in [1.807, 2.05) is 31.3 Å². The second-order valence-corrected chi connectivity index (χ2v) is 9.15. The molecule has 5 nitrogen and oxygen atoms in total. The summed E-state index contributed by atoms with van der Waals surface area (Å²) in [7, 11) is 1.86. The summed E-state index contributed by atoms with van der Waals surface area (Å²) in [5, 5.41) is 5.34. The zero-order valence-corrected chi connectivity index (χ0v) is 18.2. The Balaban J connectivity index is 1.72. The Labute approximate surface area is 179 Å². The molecule has 1 aliphatic carbocycles. The highest BCUT2D eigenvalue weighted by Gasteiger charge is 2.38. The molecule has 0 radical (unpaired) electrons. The fourth-order valence-electron chi connectivity index (χ4n) is 4.39. The van der Waals surface area contributed by atoms with Crippen molar-refractivity contribution in [1.29, 1.82) is 0 Å². The van der Waals surface area contributed by atoms with Crippen LogP contribution >= 0.6 is 11.8 Å². The van der Waals surface area contributed by atoms with Crippen molar-refractivity contribution in [3.8, 4) is 11.3 Å². The molecular weight excluding hydrogens is 392 g/mol. The van der Waals surface area contributed by atoms with Crippen LogP contribution in [-0.4, -0.2) is 19.2 Å². The minimum atomic E-state index is -0.244. The molecule has 1 aliphatic rings. The summed E-state index contributed by atoms with van der Waals surface area (Å²) in [5.41, 5.74) is 4.92. The van der Waals surface area contributed by atoms with E-state index in [-0.39, 0.29) is 11.0 Å². The Morgan fingerprint density at radius 1 is 1.10 bits per heavy atom. The molecule has 2 aromatic carbocycles. The third kappa shape index (κ3) is 2.89. The number of aryl methyl sites for hydroxylation is 1. The van der Waals surface area contributed by atoms with Crippen LogP contribution < -0.4 is 5.56 Å². The number of hydrogen-bond donors (Lipinski definition) is 0. The molecule has 0 saturated heterocycles. The lowest BCUT2D eigenvalue weighted by Crippen LogP contribution is -2.37. The van der Waals surface area contributed by atoms with Crippen molar-refractivity contribution in [2.75, 3.05) is 0 Å². The number of benzene rings is 2. The molecule has 0 N–H and O–H groups in total. The standard InChI is InChI=1S/C24H24N4OS/c1-4-24(2)14-17-12-8-9-13-18(17)20-19(24)21(29)28-22(25-20)27(3)26-23(28)30-15-16-10-6-5-7-11-16/h5-13H,4,14-15H2,1-3H3/t24-/m1/s1. The van der Waals surface area contributed by atoms with Gasteiger partial charge in [-0.3, -0.25) is 4.79 Å². The van der Waals surface area contributed by atoms with Crippen LogP contribution in [0.5, 0.6) is 0 Å². The summed E-state index contributed by atoms with van der Waals surface area (Å²) in [6, 6.07) is 18.6. The van der Waals surface area contributed by atoms with Gasteiger partial charge in [-0.2, -0.15) is 0 Å². The number of fused-ring (bicyclic) bond motifs is 4. The highest BCUT2D eigenvalue weighted by molar-refractivity contribution is 7.98. The topological polar surface area (TPSA) is 52.2 Å². The Morgan fingerprint density at radius 2 is 1.83 bits per heavy atom. The minimum absolute atomic E-state index is 0.0116. The van der Waals surface area contributed by atoms with Crippen LogP contribution in [0.25, 0.3) is 17.0 Å². The highest BCUT2D eigenvalue weighted by atomic mass is 32.2. The van der Waals surface area contributed by atoms with Crippen molar-refractivity contribution in [2.24, 2.45) is 7.05 Å². The highest BCUT2D eigenvalue weighted by Crippen LogP contribution is 2.42. The zero-order valence-electron chi connectivity index (χ0n) is 17.4. The lowest BCUT2D eigenvalue weighted by Gasteiger charge is -2.34. The molecule has 152 valence electrons. The zero-order chi connectivity index (χ0) is 20.9. The van der Waals surface area contributed by atoms with E-state index < -0.39 is 0 Å². The van der Waals surface area contributed by atoms with E-state index in [2.05, 4.69) is 49.3 Å². The van der Waals surface area contributed by atoms with Crippen LogP contribution in [0.2, 0.25) is 0 Å². The van der Waals surface area contributed by atoms with Crippen molar-refractivity contribution in [3.05, 3.63) is 81.6 Å². The summed E-state index contributed by atoms with van der Waals surface area (Å²) in [4.78, 5) is 18.8. The fourth-order valence-corrected chi connectivity index (χ4v) is 5.35. The van der Waals surface area contributed by atoms with Gasteiger partial charge in [-0.1, -0.05) is 80.2 Å². The quantitative estimate of drug-likeness (QED) is 0.456. The van der Waals surface area contributed by atoms with Gasteiger partial charge in [0.25, 0.3) is 5.56 Å². The molecule has 5 rings (SSSR count). The summed E-state index contributed by atoms with van der Waals surface area (Å²) in [6.45, 7) is 4.34. The van der Waals surface area contributed by atoms with Crippen LogP contribution in [0.3, 0.4) is 0 Å². The molecule has 30 heavy (non-hydrogen) atoms. The van der Waals surface area contributed by atoms with E-state index in [1.165, 1.54) is 11.1 Å². The minimum Gasteiger partial charge on any atom is -0.268 e. The van der Waals surface area contributed by atoms with Gasteiger partial charge in [0, 0.05) is 23.8 Å². The van der Waals surface area contributed by atoms with Gasteiger partial charge in [0.15, 0.2) is 5.16 Å². The molecule has 1 atom stereocenters. The SMILES string of the molecule is CC[C@]1(C)Cc2ccccc2-c2nc3n(C)nc(SCc4ccccc4)n3c(=O)c21. The predicted molar refractivity (Wildman–Crippen MR) is 121 cm³/mol. The van der Waals surface area contributed by atoms with Gasteiger partial charge in [0.2, 0.25) is 5.78 Å². The monoisotopic (exact) mass is 416 g/mol. The van der Waals surface area contributed by atoms with Gasteiger partial charge < -0.3 is 0 Å². The predicted octanol–water partition coefficient (Wildman–Crippen LogP) is 4.61. The van der Waals surface area contributed by atoms with Gasteiger partial charge >= 0.3 is 0 Å². The second kappa shape index (κ2) is 7.13. The largest absolute Gasteiger partial charge is 0.268 e. The van der Waals surface area contributed by atoms with Gasteiger partial charge in [0.05, 0.1) is 11.3 Å². The molecule has 4 aromatic rings.